The zero-order chi connectivity index (χ0) is 12.3. The van der Waals surface area contributed by atoms with Gasteiger partial charge in [0.2, 0.25) is 0 Å². The molecule has 0 fully saturated rings. The van der Waals surface area contributed by atoms with E-state index in [1.807, 2.05) is 13.1 Å². The Balaban J connectivity index is 2.18. The van der Waals surface area contributed by atoms with Crippen LogP contribution in [0.2, 0.25) is 0 Å². The summed E-state index contributed by atoms with van der Waals surface area (Å²) in [5, 5.41) is 3.28. The summed E-state index contributed by atoms with van der Waals surface area (Å²) in [6, 6.07) is 5.10. The number of halogens is 1. The van der Waals surface area contributed by atoms with Gasteiger partial charge in [0.1, 0.15) is 17.7 Å². The number of benzene rings is 1. The maximum atomic E-state index is 13.2. The van der Waals surface area contributed by atoms with Gasteiger partial charge in [0.15, 0.2) is 0 Å². The Morgan fingerprint density at radius 1 is 1.47 bits per heavy atom. The van der Waals surface area contributed by atoms with E-state index < -0.39 is 0 Å². The first kappa shape index (κ1) is 12.4. The molecular formula is C14H20FNO. The SMILES string of the molecule is CCCCC1CC(NC)c2ccc(F)cc2O1. The molecule has 1 N–H and O–H groups in total. The normalized spacial score (nSPS) is 23.0. The molecule has 1 aliphatic rings. The van der Waals surface area contributed by atoms with Crippen LogP contribution in [0.4, 0.5) is 4.39 Å². The molecule has 17 heavy (non-hydrogen) atoms. The van der Waals surface area contributed by atoms with Gasteiger partial charge in [0.05, 0.1) is 0 Å². The number of hydrogen-bond acceptors (Lipinski definition) is 2. The lowest BCUT2D eigenvalue weighted by molar-refractivity contribution is 0.140. The Kier molecular flexibility index (Phi) is 4.00. The molecule has 1 aromatic rings. The van der Waals surface area contributed by atoms with Gasteiger partial charge in [-0.2, -0.15) is 0 Å². The van der Waals surface area contributed by atoms with Crippen molar-refractivity contribution in [1.82, 2.24) is 5.32 Å². The Labute approximate surface area is 102 Å². The second-order valence-electron chi connectivity index (χ2n) is 4.64. The minimum Gasteiger partial charge on any atom is -0.490 e. The van der Waals surface area contributed by atoms with E-state index in [0.29, 0.717) is 5.75 Å². The van der Waals surface area contributed by atoms with Gasteiger partial charge in [-0.3, -0.25) is 0 Å². The van der Waals surface area contributed by atoms with Crippen LogP contribution in [0.1, 0.15) is 44.2 Å². The first-order valence-corrected chi connectivity index (χ1v) is 6.38. The summed E-state index contributed by atoms with van der Waals surface area (Å²) in [5.41, 5.74) is 1.07. The van der Waals surface area contributed by atoms with E-state index in [0.717, 1.165) is 24.8 Å². The number of fused-ring (bicyclic) bond motifs is 1. The summed E-state index contributed by atoms with van der Waals surface area (Å²) in [6.45, 7) is 2.17. The topological polar surface area (TPSA) is 21.3 Å². The Bertz CT molecular complexity index is 380. The first-order chi connectivity index (χ1) is 8.24. The summed E-state index contributed by atoms with van der Waals surface area (Å²) in [6.07, 6.45) is 4.55. The standard InChI is InChI=1S/C14H20FNO/c1-3-4-5-11-9-13(16-2)12-7-6-10(15)8-14(12)17-11/h6-8,11,13,16H,3-5,9H2,1-2H3. The van der Waals surface area contributed by atoms with Crippen molar-refractivity contribution >= 4 is 0 Å². The van der Waals surface area contributed by atoms with Crippen LogP contribution in [0.5, 0.6) is 5.75 Å². The third kappa shape index (κ3) is 2.78. The summed E-state index contributed by atoms with van der Waals surface area (Å²) in [5.74, 6) is 0.478. The molecule has 1 heterocycles. The molecule has 2 atom stereocenters. The van der Waals surface area contributed by atoms with Crippen LogP contribution < -0.4 is 10.1 Å². The number of nitrogens with one attached hydrogen (secondary N) is 1. The van der Waals surface area contributed by atoms with Crippen LogP contribution in [-0.4, -0.2) is 13.2 Å². The van der Waals surface area contributed by atoms with Crippen molar-refractivity contribution in [3.05, 3.63) is 29.6 Å². The molecule has 1 aromatic carbocycles. The van der Waals surface area contributed by atoms with E-state index in [2.05, 4.69) is 12.2 Å². The average Bonchev–Trinajstić information content (AvgIpc) is 2.34. The summed E-state index contributed by atoms with van der Waals surface area (Å²) < 4.78 is 19.1. The molecule has 0 saturated carbocycles. The Hall–Kier alpha value is -1.09. The fraction of sp³-hybridized carbons (Fsp3) is 0.571. The summed E-state index contributed by atoms with van der Waals surface area (Å²) in [7, 11) is 1.94. The molecule has 0 spiro atoms. The highest BCUT2D eigenvalue weighted by molar-refractivity contribution is 5.38. The largest absolute Gasteiger partial charge is 0.490 e. The first-order valence-electron chi connectivity index (χ1n) is 6.38. The lowest BCUT2D eigenvalue weighted by Gasteiger charge is -2.32. The van der Waals surface area contributed by atoms with Crippen LogP contribution in [-0.2, 0) is 0 Å². The van der Waals surface area contributed by atoms with Crippen molar-refractivity contribution < 1.29 is 9.13 Å². The van der Waals surface area contributed by atoms with Crippen molar-refractivity contribution in [1.29, 1.82) is 0 Å². The fourth-order valence-electron chi connectivity index (χ4n) is 2.40. The van der Waals surface area contributed by atoms with Crippen molar-refractivity contribution in [3.63, 3.8) is 0 Å². The van der Waals surface area contributed by atoms with Gasteiger partial charge in [-0.25, -0.2) is 4.39 Å². The number of rotatable bonds is 4. The highest BCUT2D eigenvalue weighted by Crippen LogP contribution is 2.36. The van der Waals surface area contributed by atoms with Crippen LogP contribution in [0.3, 0.4) is 0 Å². The molecule has 1 aliphatic heterocycles. The predicted octanol–water partition coefficient (Wildman–Crippen LogP) is 3.43. The molecule has 0 radical (unpaired) electrons. The van der Waals surface area contributed by atoms with E-state index in [1.54, 1.807) is 0 Å². The Morgan fingerprint density at radius 2 is 2.29 bits per heavy atom. The number of hydrogen-bond donors (Lipinski definition) is 1. The van der Waals surface area contributed by atoms with Crippen molar-refractivity contribution in [2.45, 2.75) is 44.8 Å². The van der Waals surface area contributed by atoms with Crippen LogP contribution >= 0.6 is 0 Å². The predicted molar refractivity (Wildman–Crippen MR) is 66.8 cm³/mol. The zero-order valence-corrected chi connectivity index (χ0v) is 10.5. The van der Waals surface area contributed by atoms with Gasteiger partial charge in [-0.1, -0.05) is 25.8 Å². The summed E-state index contributed by atoms with van der Waals surface area (Å²) >= 11 is 0. The molecule has 2 nitrogen and oxygen atoms in total. The van der Waals surface area contributed by atoms with Crippen molar-refractivity contribution in [2.75, 3.05) is 7.05 Å². The highest BCUT2D eigenvalue weighted by atomic mass is 19.1. The molecule has 0 amide bonds. The zero-order valence-electron chi connectivity index (χ0n) is 10.5. The van der Waals surface area contributed by atoms with E-state index in [9.17, 15) is 4.39 Å². The molecule has 0 bridgehead atoms. The molecule has 94 valence electrons. The molecule has 0 aromatic heterocycles. The fourth-order valence-corrected chi connectivity index (χ4v) is 2.40. The van der Waals surface area contributed by atoms with Crippen molar-refractivity contribution in [3.8, 4) is 5.75 Å². The minimum absolute atomic E-state index is 0.210. The highest BCUT2D eigenvalue weighted by Gasteiger charge is 2.27. The summed E-state index contributed by atoms with van der Waals surface area (Å²) in [4.78, 5) is 0. The molecule has 0 aliphatic carbocycles. The van der Waals surface area contributed by atoms with E-state index in [4.69, 9.17) is 4.74 Å². The maximum Gasteiger partial charge on any atom is 0.127 e. The van der Waals surface area contributed by atoms with Crippen LogP contribution in [0.25, 0.3) is 0 Å². The molecule has 3 heteroatoms. The number of unbranched alkanes of at least 4 members (excludes halogenated alkanes) is 1. The van der Waals surface area contributed by atoms with Gasteiger partial charge in [0.25, 0.3) is 0 Å². The van der Waals surface area contributed by atoms with Gasteiger partial charge in [-0.05, 0) is 19.5 Å². The van der Waals surface area contributed by atoms with Gasteiger partial charge in [-0.15, -0.1) is 0 Å². The van der Waals surface area contributed by atoms with E-state index in [-0.39, 0.29) is 18.0 Å². The van der Waals surface area contributed by atoms with Crippen LogP contribution in [0.15, 0.2) is 18.2 Å². The average molecular weight is 237 g/mol. The second-order valence-corrected chi connectivity index (χ2v) is 4.64. The van der Waals surface area contributed by atoms with E-state index >= 15 is 0 Å². The van der Waals surface area contributed by atoms with Crippen molar-refractivity contribution in [2.24, 2.45) is 0 Å². The molecule has 0 saturated heterocycles. The van der Waals surface area contributed by atoms with E-state index in [1.165, 1.54) is 18.6 Å². The molecule has 2 unspecified atom stereocenters. The maximum absolute atomic E-state index is 13.2. The third-order valence-electron chi connectivity index (χ3n) is 3.37. The van der Waals surface area contributed by atoms with Gasteiger partial charge in [0, 0.05) is 24.1 Å². The van der Waals surface area contributed by atoms with Gasteiger partial charge >= 0.3 is 0 Å². The van der Waals surface area contributed by atoms with Gasteiger partial charge < -0.3 is 10.1 Å². The monoisotopic (exact) mass is 237 g/mol. The third-order valence-corrected chi connectivity index (χ3v) is 3.37. The quantitative estimate of drug-likeness (QED) is 0.866. The lowest BCUT2D eigenvalue weighted by Crippen LogP contribution is -2.31. The number of ether oxygens (including phenoxy) is 1. The lowest BCUT2D eigenvalue weighted by atomic mass is 9.94. The smallest absolute Gasteiger partial charge is 0.127 e. The van der Waals surface area contributed by atoms with Crippen LogP contribution in [0, 0.1) is 5.82 Å². The minimum atomic E-state index is -0.227. The Morgan fingerprint density at radius 3 is 3.00 bits per heavy atom. The second kappa shape index (κ2) is 5.50. The molecular weight excluding hydrogens is 217 g/mol. The molecule has 2 rings (SSSR count).